The Hall–Kier alpha value is -2.37. The standard InChI is InChI=1S/C20H26N4O2/c1-13(2)19(26)24-7-5-20(6-8-24)10-16(20)12-21-18(25)14-3-4-17-15(9-14)11-22-23-17/h3-4,9,11,13,16H,5-8,10,12H2,1-2H3,(H,21,25)(H,22,23). The second-order valence-electron chi connectivity index (χ2n) is 8.13. The van der Waals surface area contributed by atoms with Gasteiger partial charge < -0.3 is 10.2 Å². The van der Waals surface area contributed by atoms with Gasteiger partial charge in [0.15, 0.2) is 0 Å². The summed E-state index contributed by atoms with van der Waals surface area (Å²) in [4.78, 5) is 26.6. The first-order valence-corrected chi connectivity index (χ1v) is 9.49. The Morgan fingerprint density at radius 3 is 2.85 bits per heavy atom. The summed E-state index contributed by atoms with van der Waals surface area (Å²) < 4.78 is 0. The highest BCUT2D eigenvalue weighted by molar-refractivity contribution is 5.97. The van der Waals surface area contributed by atoms with Crippen molar-refractivity contribution in [3.63, 3.8) is 0 Å². The van der Waals surface area contributed by atoms with Gasteiger partial charge in [-0.3, -0.25) is 14.7 Å². The minimum atomic E-state index is -0.0254. The number of rotatable bonds is 4. The third-order valence-electron chi connectivity index (χ3n) is 6.14. The number of hydrogen-bond donors (Lipinski definition) is 2. The van der Waals surface area contributed by atoms with Crippen molar-refractivity contribution in [2.24, 2.45) is 17.3 Å². The monoisotopic (exact) mass is 354 g/mol. The van der Waals surface area contributed by atoms with E-state index in [-0.39, 0.29) is 17.7 Å². The quantitative estimate of drug-likeness (QED) is 0.886. The van der Waals surface area contributed by atoms with E-state index in [1.54, 1.807) is 6.20 Å². The van der Waals surface area contributed by atoms with Gasteiger partial charge in [0.25, 0.3) is 5.91 Å². The molecule has 1 saturated heterocycles. The van der Waals surface area contributed by atoms with Crippen LogP contribution in [-0.4, -0.2) is 46.5 Å². The average Bonchev–Trinajstić information content (AvgIpc) is 3.09. The third kappa shape index (κ3) is 3.08. The Kier molecular flexibility index (Phi) is 4.21. The predicted molar refractivity (Wildman–Crippen MR) is 99.6 cm³/mol. The molecule has 1 aliphatic carbocycles. The van der Waals surface area contributed by atoms with Crippen LogP contribution in [0.1, 0.15) is 43.5 Å². The van der Waals surface area contributed by atoms with Gasteiger partial charge in [-0.05, 0) is 48.8 Å². The maximum atomic E-state index is 12.4. The Labute approximate surface area is 153 Å². The summed E-state index contributed by atoms with van der Waals surface area (Å²) in [6.07, 6.45) is 5.02. The van der Waals surface area contributed by atoms with E-state index in [9.17, 15) is 9.59 Å². The van der Waals surface area contributed by atoms with Crippen LogP contribution in [0.3, 0.4) is 0 Å². The molecule has 1 spiro atoms. The van der Waals surface area contributed by atoms with Crippen LogP contribution >= 0.6 is 0 Å². The molecule has 4 rings (SSSR count). The van der Waals surface area contributed by atoms with Crippen LogP contribution in [0.15, 0.2) is 24.4 Å². The topological polar surface area (TPSA) is 78.1 Å². The highest BCUT2D eigenvalue weighted by Crippen LogP contribution is 2.59. The Balaban J connectivity index is 1.29. The summed E-state index contributed by atoms with van der Waals surface area (Å²) in [7, 11) is 0. The lowest BCUT2D eigenvalue weighted by Crippen LogP contribution is -2.42. The molecule has 2 N–H and O–H groups in total. The van der Waals surface area contributed by atoms with Crippen LogP contribution in [0.5, 0.6) is 0 Å². The largest absolute Gasteiger partial charge is 0.352 e. The number of nitrogens with zero attached hydrogens (tertiary/aromatic N) is 2. The summed E-state index contributed by atoms with van der Waals surface area (Å²) in [6.45, 7) is 6.36. The Morgan fingerprint density at radius 2 is 2.12 bits per heavy atom. The molecule has 1 aliphatic heterocycles. The van der Waals surface area contributed by atoms with Crippen LogP contribution in [0.2, 0.25) is 0 Å². The maximum absolute atomic E-state index is 12.4. The van der Waals surface area contributed by atoms with Crippen LogP contribution in [0, 0.1) is 17.3 Å². The van der Waals surface area contributed by atoms with Crippen molar-refractivity contribution in [3.8, 4) is 0 Å². The highest BCUT2D eigenvalue weighted by Gasteiger charge is 2.54. The van der Waals surface area contributed by atoms with Gasteiger partial charge >= 0.3 is 0 Å². The maximum Gasteiger partial charge on any atom is 0.251 e. The molecule has 1 aromatic carbocycles. The predicted octanol–water partition coefficient (Wildman–Crippen LogP) is 2.58. The molecule has 1 atom stereocenters. The van der Waals surface area contributed by atoms with E-state index in [1.165, 1.54) is 0 Å². The third-order valence-corrected chi connectivity index (χ3v) is 6.14. The molecule has 2 amide bonds. The second kappa shape index (κ2) is 6.41. The zero-order chi connectivity index (χ0) is 18.3. The number of benzene rings is 1. The summed E-state index contributed by atoms with van der Waals surface area (Å²) in [5.41, 5.74) is 1.95. The minimum absolute atomic E-state index is 0.0254. The number of amides is 2. The molecule has 0 bridgehead atoms. The van der Waals surface area contributed by atoms with Crippen LogP contribution < -0.4 is 5.32 Å². The zero-order valence-corrected chi connectivity index (χ0v) is 15.4. The first kappa shape index (κ1) is 17.1. The number of aromatic amines is 1. The van der Waals surface area contributed by atoms with E-state index in [4.69, 9.17) is 0 Å². The smallest absolute Gasteiger partial charge is 0.251 e. The minimum Gasteiger partial charge on any atom is -0.352 e. The van der Waals surface area contributed by atoms with Crippen molar-refractivity contribution in [3.05, 3.63) is 30.0 Å². The van der Waals surface area contributed by atoms with E-state index in [0.717, 1.165) is 49.8 Å². The summed E-state index contributed by atoms with van der Waals surface area (Å²) in [5, 5.41) is 10.9. The molecule has 2 aromatic rings. The molecule has 6 nitrogen and oxygen atoms in total. The molecule has 6 heteroatoms. The SMILES string of the molecule is CC(C)C(=O)N1CCC2(CC1)CC2CNC(=O)c1ccc2[nH]ncc2c1. The molecule has 26 heavy (non-hydrogen) atoms. The average molecular weight is 354 g/mol. The number of fused-ring (bicyclic) bond motifs is 1. The first-order valence-electron chi connectivity index (χ1n) is 9.49. The molecular weight excluding hydrogens is 328 g/mol. The van der Waals surface area contributed by atoms with Crippen molar-refractivity contribution in [1.82, 2.24) is 20.4 Å². The van der Waals surface area contributed by atoms with Gasteiger partial charge in [-0.25, -0.2) is 0 Å². The number of aromatic nitrogens is 2. The molecule has 1 saturated carbocycles. The summed E-state index contributed by atoms with van der Waals surface area (Å²) in [6, 6.07) is 5.58. The molecular formula is C20H26N4O2. The Morgan fingerprint density at radius 1 is 1.35 bits per heavy atom. The Bertz CT molecular complexity index is 833. The lowest BCUT2D eigenvalue weighted by Gasteiger charge is -2.34. The van der Waals surface area contributed by atoms with Gasteiger partial charge in [-0.15, -0.1) is 0 Å². The number of hydrogen-bond acceptors (Lipinski definition) is 3. The summed E-state index contributed by atoms with van der Waals surface area (Å²) in [5.74, 6) is 0.855. The van der Waals surface area contributed by atoms with Crippen molar-refractivity contribution in [2.45, 2.75) is 33.1 Å². The number of nitrogens with one attached hydrogen (secondary N) is 2. The van der Waals surface area contributed by atoms with Gasteiger partial charge in [0.05, 0.1) is 11.7 Å². The highest BCUT2D eigenvalue weighted by atomic mass is 16.2. The number of carbonyl (C=O) groups is 2. The number of piperidine rings is 1. The van der Waals surface area contributed by atoms with E-state index in [2.05, 4.69) is 15.5 Å². The fourth-order valence-electron chi connectivity index (χ4n) is 4.27. The van der Waals surface area contributed by atoms with Gasteiger partial charge in [-0.1, -0.05) is 13.8 Å². The lowest BCUT2D eigenvalue weighted by molar-refractivity contribution is -0.136. The molecule has 2 aliphatic rings. The normalized spacial score (nSPS) is 21.3. The lowest BCUT2D eigenvalue weighted by atomic mass is 9.90. The first-order chi connectivity index (χ1) is 12.5. The van der Waals surface area contributed by atoms with Gasteiger partial charge in [0, 0.05) is 36.5 Å². The van der Waals surface area contributed by atoms with E-state index in [1.807, 2.05) is 36.9 Å². The second-order valence-corrected chi connectivity index (χ2v) is 8.13. The van der Waals surface area contributed by atoms with Crippen LogP contribution in [0.4, 0.5) is 0 Å². The molecule has 2 fully saturated rings. The van der Waals surface area contributed by atoms with E-state index >= 15 is 0 Å². The molecule has 2 heterocycles. The van der Waals surface area contributed by atoms with Gasteiger partial charge in [0.1, 0.15) is 0 Å². The van der Waals surface area contributed by atoms with E-state index in [0.29, 0.717) is 16.9 Å². The van der Waals surface area contributed by atoms with Crippen LogP contribution in [-0.2, 0) is 4.79 Å². The molecule has 1 aromatic heterocycles. The molecule has 0 radical (unpaired) electrons. The molecule has 138 valence electrons. The van der Waals surface area contributed by atoms with Crippen molar-refractivity contribution in [2.75, 3.05) is 19.6 Å². The number of H-pyrrole nitrogens is 1. The fraction of sp³-hybridized carbons (Fsp3) is 0.550. The van der Waals surface area contributed by atoms with Crippen molar-refractivity contribution in [1.29, 1.82) is 0 Å². The number of likely N-dealkylation sites (tertiary alicyclic amines) is 1. The zero-order valence-electron chi connectivity index (χ0n) is 15.4. The van der Waals surface area contributed by atoms with Crippen molar-refractivity contribution < 1.29 is 9.59 Å². The van der Waals surface area contributed by atoms with Crippen molar-refractivity contribution >= 4 is 22.7 Å². The number of carbonyl (C=O) groups excluding carboxylic acids is 2. The van der Waals surface area contributed by atoms with E-state index < -0.39 is 0 Å². The summed E-state index contributed by atoms with van der Waals surface area (Å²) >= 11 is 0. The fourth-order valence-corrected chi connectivity index (χ4v) is 4.27. The molecule has 1 unspecified atom stereocenters. The van der Waals surface area contributed by atoms with Crippen LogP contribution in [0.25, 0.3) is 10.9 Å². The van der Waals surface area contributed by atoms with Gasteiger partial charge in [-0.2, -0.15) is 5.10 Å². The van der Waals surface area contributed by atoms with Gasteiger partial charge in [0.2, 0.25) is 5.91 Å².